The number of carbonyl (C=O) groups is 1. The van der Waals surface area contributed by atoms with Crippen molar-refractivity contribution < 1.29 is 9.21 Å². The summed E-state index contributed by atoms with van der Waals surface area (Å²) in [4.78, 5) is 16.9. The van der Waals surface area contributed by atoms with E-state index in [0.717, 1.165) is 23.1 Å². The van der Waals surface area contributed by atoms with Crippen molar-refractivity contribution in [3.63, 3.8) is 0 Å². The van der Waals surface area contributed by atoms with Crippen molar-refractivity contribution in [1.82, 2.24) is 14.8 Å². The first-order chi connectivity index (χ1) is 12.1. The predicted molar refractivity (Wildman–Crippen MR) is 102 cm³/mol. The lowest BCUT2D eigenvalue weighted by molar-refractivity contribution is -0.115. The quantitative estimate of drug-likeness (QED) is 0.739. The van der Waals surface area contributed by atoms with Crippen molar-refractivity contribution in [2.45, 2.75) is 40.5 Å². The molecule has 2 aromatic heterocycles. The molecule has 1 aromatic carbocycles. The summed E-state index contributed by atoms with van der Waals surface area (Å²) in [5.41, 5.74) is 3.71. The van der Waals surface area contributed by atoms with Crippen LogP contribution in [0, 0.1) is 12.3 Å². The Kier molecular flexibility index (Phi) is 4.80. The Morgan fingerprint density at radius 2 is 2.08 bits per heavy atom. The van der Waals surface area contributed by atoms with Crippen LogP contribution in [-0.4, -0.2) is 20.7 Å². The number of benzene rings is 1. The number of aromatic nitrogens is 3. The van der Waals surface area contributed by atoms with Crippen LogP contribution in [-0.2, 0) is 24.7 Å². The smallest absolute Gasteiger partial charge is 0.228 e. The molecule has 0 unspecified atom stereocenters. The van der Waals surface area contributed by atoms with E-state index < -0.39 is 0 Å². The summed E-state index contributed by atoms with van der Waals surface area (Å²) in [5, 5.41) is 7.44. The monoisotopic (exact) mass is 374 g/mol. The number of oxazole rings is 1. The number of nitrogens with one attached hydrogen (secondary N) is 1. The molecule has 6 nitrogen and oxygen atoms in total. The lowest BCUT2D eigenvalue weighted by Gasteiger charge is -2.14. The van der Waals surface area contributed by atoms with Crippen molar-refractivity contribution in [1.29, 1.82) is 0 Å². The van der Waals surface area contributed by atoms with E-state index in [0.29, 0.717) is 22.4 Å². The van der Waals surface area contributed by atoms with Gasteiger partial charge in [0.15, 0.2) is 16.6 Å². The Morgan fingerprint density at radius 3 is 2.69 bits per heavy atom. The third kappa shape index (κ3) is 4.07. The number of rotatable bonds is 4. The molecular formula is C19H23ClN4O2. The van der Waals surface area contributed by atoms with Crippen LogP contribution >= 0.6 is 11.6 Å². The van der Waals surface area contributed by atoms with Crippen molar-refractivity contribution in [3.8, 4) is 0 Å². The third-order valence-electron chi connectivity index (χ3n) is 3.96. The molecule has 7 heteroatoms. The van der Waals surface area contributed by atoms with Crippen molar-refractivity contribution >= 4 is 34.3 Å². The average Bonchev–Trinajstić information content (AvgIpc) is 3.00. The lowest BCUT2D eigenvalue weighted by Crippen LogP contribution is -2.15. The van der Waals surface area contributed by atoms with Gasteiger partial charge < -0.3 is 9.73 Å². The van der Waals surface area contributed by atoms with Crippen LogP contribution in [0.3, 0.4) is 0 Å². The fraction of sp³-hybridized carbons (Fsp3) is 0.421. The van der Waals surface area contributed by atoms with Gasteiger partial charge in [-0.15, -0.1) is 0 Å². The van der Waals surface area contributed by atoms with E-state index in [1.165, 1.54) is 4.68 Å². The molecule has 0 aliphatic heterocycles. The number of amides is 1. The van der Waals surface area contributed by atoms with Crippen LogP contribution in [0.15, 0.2) is 22.6 Å². The van der Waals surface area contributed by atoms with Crippen LogP contribution in [0.25, 0.3) is 11.1 Å². The first-order valence-electron chi connectivity index (χ1n) is 8.50. The van der Waals surface area contributed by atoms with Gasteiger partial charge in [0.05, 0.1) is 12.1 Å². The maximum Gasteiger partial charge on any atom is 0.228 e. The predicted octanol–water partition coefficient (Wildman–Crippen LogP) is 4.29. The van der Waals surface area contributed by atoms with E-state index in [-0.39, 0.29) is 17.7 Å². The Balaban J connectivity index is 1.75. The molecule has 1 amide bonds. The zero-order chi connectivity index (χ0) is 19.1. The number of carbonyl (C=O) groups excluding carboxylic acids is 1. The minimum Gasteiger partial charge on any atom is -0.441 e. The number of anilines is 1. The number of fused-ring (bicyclic) bond motifs is 1. The van der Waals surface area contributed by atoms with Gasteiger partial charge >= 0.3 is 0 Å². The number of hydrogen-bond acceptors (Lipinski definition) is 4. The molecule has 2 heterocycles. The van der Waals surface area contributed by atoms with Gasteiger partial charge in [0.25, 0.3) is 0 Å². The average molecular weight is 375 g/mol. The molecule has 0 fully saturated rings. The van der Waals surface area contributed by atoms with E-state index in [9.17, 15) is 4.79 Å². The fourth-order valence-electron chi connectivity index (χ4n) is 2.80. The van der Waals surface area contributed by atoms with E-state index in [1.807, 2.05) is 18.2 Å². The zero-order valence-corrected chi connectivity index (χ0v) is 16.4. The van der Waals surface area contributed by atoms with Gasteiger partial charge in [0.2, 0.25) is 5.91 Å². The van der Waals surface area contributed by atoms with Crippen molar-refractivity contribution in [2.75, 3.05) is 5.32 Å². The van der Waals surface area contributed by atoms with E-state index in [1.54, 1.807) is 14.0 Å². The SMILES string of the molecule is Cc1nn(C)c(Cl)c1NC(=O)Cc1ccc2oc(CC(C)(C)C)nc2c1. The second kappa shape index (κ2) is 6.76. The summed E-state index contributed by atoms with van der Waals surface area (Å²) in [6.45, 7) is 8.23. The lowest BCUT2D eigenvalue weighted by atomic mass is 9.92. The zero-order valence-electron chi connectivity index (χ0n) is 15.7. The molecular weight excluding hydrogens is 352 g/mol. The molecule has 0 atom stereocenters. The summed E-state index contributed by atoms with van der Waals surface area (Å²) in [5.74, 6) is 0.563. The minimum atomic E-state index is -0.152. The highest BCUT2D eigenvalue weighted by Crippen LogP contribution is 2.26. The molecule has 0 saturated carbocycles. The summed E-state index contributed by atoms with van der Waals surface area (Å²) in [7, 11) is 1.73. The van der Waals surface area contributed by atoms with Gasteiger partial charge in [-0.05, 0) is 30.0 Å². The molecule has 0 radical (unpaired) electrons. The second-order valence-corrected chi connectivity index (χ2v) is 8.10. The summed E-state index contributed by atoms with van der Waals surface area (Å²) >= 11 is 6.16. The first kappa shape index (κ1) is 18.5. The van der Waals surface area contributed by atoms with E-state index in [4.69, 9.17) is 16.0 Å². The first-order valence-corrected chi connectivity index (χ1v) is 8.87. The maximum absolute atomic E-state index is 12.4. The molecule has 0 saturated heterocycles. The minimum absolute atomic E-state index is 0.102. The molecule has 0 aliphatic carbocycles. The van der Waals surface area contributed by atoms with Crippen LogP contribution in [0.2, 0.25) is 5.15 Å². The highest BCUT2D eigenvalue weighted by Gasteiger charge is 2.17. The standard InChI is InChI=1S/C19H23ClN4O2/c1-11-17(18(20)24(5)23-11)22-15(25)9-12-6-7-14-13(8-12)21-16(26-14)10-19(2,3)4/h6-8H,9-10H2,1-5H3,(H,22,25). The number of halogens is 1. The molecule has 26 heavy (non-hydrogen) atoms. The molecule has 0 bridgehead atoms. The summed E-state index contributed by atoms with van der Waals surface area (Å²) < 4.78 is 7.33. The van der Waals surface area contributed by atoms with Crippen LogP contribution in [0.4, 0.5) is 5.69 Å². The Morgan fingerprint density at radius 1 is 1.35 bits per heavy atom. The summed E-state index contributed by atoms with van der Waals surface area (Å²) in [6, 6.07) is 5.63. The molecule has 138 valence electrons. The summed E-state index contributed by atoms with van der Waals surface area (Å²) in [6.07, 6.45) is 0.984. The Hall–Kier alpha value is -2.34. The normalized spacial score (nSPS) is 11.9. The molecule has 0 aliphatic rings. The van der Waals surface area contributed by atoms with E-state index >= 15 is 0 Å². The van der Waals surface area contributed by atoms with Crippen LogP contribution < -0.4 is 5.32 Å². The highest BCUT2D eigenvalue weighted by atomic mass is 35.5. The Labute approximate surface area is 157 Å². The molecule has 0 spiro atoms. The van der Waals surface area contributed by atoms with E-state index in [2.05, 4.69) is 36.2 Å². The molecule has 1 N–H and O–H groups in total. The van der Waals surface area contributed by atoms with Gasteiger partial charge in [0, 0.05) is 13.5 Å². The van der Waals surface area contributed by atoms with Crippen molar-refractivity contribution in [2.24, 2.45) is 12.5 Å². The van der Waals surface area contributed by atoms with Crippen LogP contribution in [0.5, 0.6) is 0 Å². The van der Waals surface area contributed by atoms with Gasteiger partial charge in [-0.1, -0.05) is 38.4 Å². The number of aryl methyl sites for hydroxylation is 2. The molecule has 3 aromatic rings. The number of nitrogens with zero attached hydrogens (tertiary/aromatic N) is 3. The van der Waals surface area contributed by atoms with Gasteiger partial charge in [-0.25, -0.2) is 4.98 Å². The van der Waals surface area contributed by atoms with Crippen LogP contribution in [0.1, 0.15) is 37.9 Å². The topological polar surface area (TPSA) is 73.0 Å². The van der Waals surface area contributed by atoms with Gasteiger partial charge in [0.1, 0.15) is 11.2 Å². The third-order valence-corrected chi connectivity index (χ3v) is 4.39. The Bertz CT molecular complexity index is 966. The fourth-order valence-corrected chi connectivity index (χ4v) is 3.02. The second-order valence-electron chi connectivity index (χ2n) is 7.75. The van der Waals surface area contributed by atoms with Gasteiger partial charge in [-0.3, -0.25) is 9.48 Å². The maximum atomic E-state index is 12.4. The number of hydrogen-bond donors (Lipinski definition) is 1. The highest BCUT2D eigenvalue weighted by molar-refractivity contribution is 6.32. The molecule has 3 rings (SSSR count). The largest absolute Gasteiger partial charge is 0.441 e. The van der Waals surface area contributed by atoms with Crippen molar-refractivity contribution in [3.05, 3.63) is 40.5 Å². The van der Waals surface area contributed by atoms with Gasteiger partial charge in [-0.2, -0.15) is 5.10 Å².